The molecule has 0 aromatic heterocycles. The van der Waals surface area contributed by atoms with Gasteiger partial charge in [0.1, 0.15) is 5.92 Å². The molecule has 1 heterocycles. The number of hydrogen-bond acceptors (Lipinski definition) is 6. The van der Waals surface area contributed by atoms with Gasteiger partial charge >= 0.3 is 5.97 Å². The Labute approximate surface area is 205 Å². The molecule has 1 atom stereocenters. The van der Waals surface area contributed by atoms with Crippen molar-refractivity contribution in [3.8, 4) is 0 Å². The third kappa shape index (κ3) is 5.65. The number of amides is 1. The number of rotatable bonds is 9. The van der Waals surface area contributed by atoms with E-state index in [0.29, 0.717) is 23.5 Å². The van der Waals surface area contributed by atoms with Crippen molar-refractivity contribution in [3.63, 3.8) is 0 Å². The van der Waals surface area contributed by atoms with Gasteiger partial charge in [0.15, 0.2) is 0 Å². The zero-order valence-electron chi connectivity index (χ0n) is 20.0. The molecule has 1 amide bonds. The van der Waals surface area contributed by atoms with Crippen molar-refractivity contribution in [2.24, 2.45) is 10.7 Å². The largest absolute Gasteiger partial charge is 0.465 e. The lowest BCUT2D eigenvalue weighted by atomic mass is 9.90. The van der Waals surface area contributed by atoms with Gasteiger partial charge in [-0.05, 0) is 67.5 Å². The molecule has 35 heavy (non-hydrogen) atoms. The van der Waals surface area contributed by atoms with Gasteiger partial charge in [-0.2, -0.15) is 0 Å². The number of carbonyl (C=O) groups is 2. The third-order valence-electron chi connectivity index (χ3n) is 6.03. The minimum absolute atomic E-state index is 0.178. The fraction of sp³-hybridized carbons (Fsp3) is 0.250. The van der Waals surface area contributed by atoms with Crippen LogP contribution in [0.25, 0.3) is 0 Å². The second kappa shape index (κ2) is 11.1. The van der Waals surface area contributed by atoms with E-state index in [0.717, 1.165) is 36.3 Å². The van der Waals surface area contributed by atoms with Crippen molar-refractivity contribution >= 4 is 29.0 Å². The molecule has 0 spiro atoms. The lowest BCUT2D eigenvalue weighted by Gasteiger charge is -2.16. The Hall–Kier alpha value is -3.81. The minimum atomic E-state index is -0.596. The summed E-state index contributed by atoms with van der Waals surface area (Å²) in [6, 6.07) is 22.9. The lowest BCUT2D eigenvalue weighted by Crippen LogP contribution is -2.22. The van der Waals surface area contributed by atoms with E-state index in [1.165, 1.54) is 12.7 Å². The maximum absolute atomic E-state index is 13.1. The Morgan fingerprint density at radius 3 is 2.49 bits per heavy atom. The van der Waals surface area contributed by atoms with Gasteiger partial charge in [0.05, 0.1) is 24.1 Å². The molecule has 7 nitrogen and oxygen atoms in total. The summed E-state index contributed by atoms with van der Waals surface area (Å²) < 4.78 is 4.81. The van der Waals surface area contributed by atoms with Crippen molar-refractivity contribution in [1.82, 2.24) is 4.90 Å². The first-order valence-electron chi connectivity index (χ1n) is 11.6. The molecule has 180 valence electrons. The van der Waals surface area contributed by atoms with Crippen LogP contribution in [0.4, 0.5) is 11.4 Å². The molecule has 3 aromatic rings. The number of nitrogens with zero attached hydrogens (tertiary/aromatic N) is 2. The molecule has 1 aliphatic heterocycles. The highest BCUT2D eigenvalue weighted by Gasteiger charge is 2.36. The number of hydrogen-bond donors (Lipinski definition) is 2. The van der Waals surface area contributed by atoms with E-state index in [-0.39, 0.29) is 5.91 Å². The normalized spacial score (nSPS) is 15.1. The number of esters is 1. The van der Waals surface area contributed by atoms with Crippen LogP contribution in [0.5, 0.6) is 0 Å². The topological polar surface area (TPSA) is 97.0 Å². The van der Waals surface area contributed by atoms with Crippen LogP contribution in [0.15, 0.2) is 77.8 Å². The van der Waals surface area contributed by atoms with Gasteiger partial charge < -0.3 is 20.7 Å². The summed E-state index contributed by atoms with van der Waals surface area (Å²) in [7, 11) is 3.41. The molecule has 0 bridgehead atoms. The first kappa shape index (κ1) is 24.3. The van der Waals surface area contributed by atoms with E-state index in [1.807, 2.05) is 42.5 Å². The highest BCUT2D eigenvalue weighted by Crippen LogP contribution is 2.37. The molecule has 0 fully saturated rings. The second-order valence-electron chi connectivity index (χ2n) is 8.63. The third-order valence-corrected chi connectivity index (χ3v) is 6.03. The maximum Gasteiger partial charge on any atom is 0.337 e. The predicted octanol–water partition coefficient (Wildman–Crippen LogP) is 4.11. The second-order valence-corrected chi connectivity index (χ2v) is 8.63. The van der Waals surface area contributed by atoms with Gasteiger partial charge in [0, 0.05) is 12.2 Å². The molecule has 1 unspecified atom stereocenters. The van der Waals surface area contributed by atoms with Crippen molar-refractivity contribution in [3.05, 3.63) is 95.1 Å². The lowest BCUT2D eigenvalue weighted by molar-refractivity contribution is -0.115. The predicted molar refractivity (Wildman–Crippen MR) is 138 cm³/mol. The van der Waals surface area contributed by atoms with E-state index in [9.17, 15) is 9.59 Å². The van der Waals surface area contributed by atoms with Crippen LogP contribution < -0.4 is 11.1 Å². The van der Waals surface area contributed by atoms with E-state index in [1.54, 1.807) is 18.2 Å². The summed E-state index contributed by atoms with van der Waals surface area (Å²) in [5.41, 5.74) is 10.8. The number of aliphatic imine (C=N–C) groups is 1. The number of carbonyl (C=O) groups excluding carboxylic acids is 2. The van der Waals surface area contributed by atoms with Crippen molar-refractivity contribution in [2.45, 2.75) is 18.9 Å². The molecule has 0 saturated carbocycles. The number of nitrogens with two attached hydrogens (primary N) is 1. The van der Waals surface area contributed by atoms with Crippen molar-refractivity contribution in [2.75, 3.05) is 32.6 Å². The Morgan fingerprint density at radius 2 is 1.80 bits per heavy atom. The van der Waals surface area contributed by atoms with Crippen molar-refractivity contribution < 1.29 is 14.3 Å². The van der Waals surface area contributed by atoms with Gasteiger partial charge in [0.25, 0.3) is 0 Å². The number of fused-ring (bicyclic) bond motifs is 1. The van der Waals surface area contributed by atoms with Crippen LogP contribution in [0.1, 0.15) is 39.4 Å². The highest BCUT2D eigenvalue weighted by atomic mass is 16.5. The zero-order valence-corrected chi connectivity index (χ0v) is 20.0. The Bertz CT molecular complexity index is 1220. The summed E-state index contributed by atoms with van der Waals surface area (Å²) in [5.74, 6) is -1.22. The van der Waals surface area contributed by atoms with Crippen LogP contribution in [0.3, 0.4) is 0 Å². The van der Waals surface area contributed by atoms with E-state index in [2.05, 4.69) is 29.4 Å². The average Bonchev–Trinajstić information content (AvgIpc) is 3.21. The molecule has 1 aliphatic rings. The monoisotopic (exact) mass is 470 g/mol. The molecular formula is C28H30N4O3. The Morgan fingerprint density at radius 1 is 1.06 bits per heavy atom. The fourth-order valence-corrected chi connectivity index (χ4v) is 4.25. The van der Waals surface area contributed by atoms with Gasteiger partial charge in [-0.25, -0.2) is 4.79 Å². The fourth-order valence-electron chi connectivity index (χ4n) is 4.25. The van der Waals surface area contributed by atoms with E-state index < -0.39 is 11.9 Å². The van der Waals surface area contributed by atoms with E-state index >= 15 is 0 Å². The summed E-state index contributed by atoms with van der Waals surface area (Å²) in [6.07, 6.45) is 0.964. The summed E-state index contributed by atoms with van der Waals surface area (Å²) in [6.45, 7) is 2.46. The molecule has 3 N–H and O–H groups in total. The van der Waals surface area contributed by atoms with Crippen LogP contribution in [-0.4, -0.2) is 49.7 Å². The van der Waals surface area contributed by atoms with Crippen LogP contribution in [-0.2, 0) is 16.1 Å². The van der Waals surface area contributed by atoms with Crippen LogP contribution in [0.2, 0.25) is 0 Å². The number of methoxy groups -OCH3 is 1. The quantitative estimate of drug-likeness (QED) is 0.362. The number of benzene rings is 3. The molecular weight excluding hydrogens is 440 g/mol. The molecule has 0 aliphatic carbocycles. The number of ether oxygens (including phenoxy) is 1. The summed E-state index contributed by atoms with van der Waals surface area (Å²) in [5, 5.41) is 2.91. The number of nitrogens with one attached hydrogen (secondary N) is 1. The SMILES string of the molecule is COC(=O)c1ccc2c(c1)NC(=O)C2C(=Nc1ccc(CN(C)CCCN)cc1)c1ccccc1. The molecule has 0 saturated heterocycles. The van der Waals surface area contributed by atoms with Gasteiger partial charge in [-0.1, -0.05) is 48.5 Å². The van der Waals surface area contributed by atoms with Gasteiger partial charge in [0.2, 0.25) is 5.91 Å². The average molecular weight is 471 g/mol. The molecule has 7 heteroatoms. The smallest absolute Gasteiger partial charge is 0.337 e. The first-order chi connectivity index (χ1) is 17.0. The first-order valence-corrected chi connectivity index (χ1v) is 11.6. The highest BCUT2D eigenvalue weighted by molar-refractivity contribution is 6.24. The van der Waals surface area contributed by atoms with Gasteiger partial charge in [-0.15, -0.1) is 0 Å². The van der Waals surface area contributed by atoms with Crippen LogP contribution in [0, 0.1) is 0 Å². The Kier molecular flexibility index (Phi) is 7.70. The number of anilines is 1. The van der Waals surface area contributed by atoms with Gasteiger partial charge in [-0.3, -0.25) is 9.79 Å². The van der Waals surface area contributed by atoms with Crippen molar-refractivity contribution in [1.29, 1.82) is 0 Å². The summed E-state index contributed by atoms with van der Waals surface area (Å²) >= 11 is 0. The zero-order chi connectivity index (χ0) is 24.8. The maximum atomic E-state index is 13.1. The molecule has 4 rings (SSSR count). The minimum Gasteiger partial charge on any atom is -0.465 e. The molecule has 0 radical (unpaired) electrons. The van der Waals surface area contributed by atoms with E-state index in [4.69, 9.17) is 15.5 Å². The molecule has 3 aromatic carbocycles. The Balaban J connectivity index is 1.67. The standard InChI is InChI=1S/C28H30N4O3/c1-32(16-6-15-29)18-19-9-12-22(13-10-19)30-26(20-7-4-3-5-8-20)25-23-14-11-21(28(34)35-2)17-24(23)31-27(25)33/h3-5,7-14,17,25H,6,15-16,18,29H2,1-2H3,(H,31,33). The van der Waals surface area contributed by atoms with Crippen LogP contribution >= 0.6 is 0 Å². The summed E-state index contributed by atoms with van der Waals surface area (Å²) in [4.78, 5) is 32.3.